The van der Waals surface area contributed by atoms with Gasteiger partial charge in [-0.05, 0) is 25.2 Å². The molecule has 2 rings (SSSR count). The maximum atomic E-state index is 12.4. The SMILES string of the molecule is CC1CCCC(N)C1C(=O)NC1CCC(=O)N(C)C1=O. The summed E-state index contributed by atoms with van der Waals surface area (Å²) in [5.74, 6) is -0.669. The third-order valence-corrected chi connectivity index (χ3v) is 4.54. The van der Waals surface area contributed by atoms with Crippen LogP contribution in [0.4, 0.5) is 0 Å². The number of nitrogens with two attached hydrogens (primary N) is 1. The molecule has 0 radical (unpaired) electrons. The summed E-state index contributed by atoms with van der Waals surface area (Å²) >= 11 is 0. The molecule has 0 aromatic heterocycles. The van der Waals surface area contributed by atoms with E-state index in [2.05, 4.69) is 5.32 Å². The summed E-state index contributed by atoms with van der Waals surface area (Å²) in [6, 6.07) is -0.733. The third-order valence-electron chi connectivity index (χ3n) is 4.54. The zero-order valence-electron chi connectivity index (χ0n) is 12.1. The molecule has 2 aliphatic rings. The first-order chi connectivity index (χ1) is 9.41. The number of carbonyl (C=O) groups is 3. The van der Waals surface area contributed by atoms with E-state index in [0.29, 0.717) is 12.8 Å². The molecule has 0 aromatic carbocycles. The largest absolute Gasteiger partial charge is 0.344 e. The molecule has 20 heavy (non-hydrogen) atoms. The lowest BCUT2D eigenvalue weighted by Crippen LogP contribution is -2.56. The van der Waals surface area contributed by atoms with Crippen LogP contribution in [-0.4, -0.2) is 41.8 Å². The second-order valence-corrected chi connectivity index (χ2v) is 5.99. The van der Waals surface area contributed by atoms with Crippen molar-refractivity contribution in [3.05, 3.63) is 0 Å². The van der Waals surface area contributed by atoms with Gasteiger partial charge in [-0.2, -0.15) is 0 Å². The highest BCUT2D eigenvalue weighted by Gasteiger charge is 2.38. The normalized spacial score (nSPS) is 35.0. The van der Waals surface area contributed by atoms with Crippen molar-refractivity contribution in [2.45, 2.75) is 51.1 Å². The molecule has 0 bridgehead atoms. The highest BCUT2D eigenvalue weighted by atomic mass is 16.2. The average molecular weight is 281 g/mol. The Balaban J connectivity index is 2.00. The Bertz CT molecular complexity index is 414. The molecule has 6 nitrogen and oxygen atoms in total. The Labute approximate surface area is 119 Å². The van der Waals surface area contributed by atoms with E-state index in [-0.39, 0.29) is 35.6 Å². The van der Waals surface area contributed by atoms with Gasteiger partial charge in [0.15, 0.2) is 0 Å². The zero-order valence-corrected chi connectivity index (χ0v) is 12.1. The molecule has 4 unspecified atom stereocenters. The summed E-state index contributed by atoms with van der Waals surface area (Å²) in [6.07, 6.45) is 3.55. The molecule has 1 saturated carbocycles. The number of hydrogen-bond donors (Lipinski definition) is 2. The fourth-order valence-corrected chi connectivity index (χ4v) is 3.23. The summed E-state index contributed by atoms with van der Waals surface area (Å²) in [5, 5.41) is 2.79. The molecule has 1 aliphatic carbocycles. The predicted molar refractivity (Wildman–Crippen MR) is 73.4 cm³/mol. The minimum Gasteiger partial charge on any atom is -0.344 e. The predicted octanol–water partition coefficient (Wildman–Crippen LogP) is 0.0135. The highest BCUT2D eigenvalue weighted by molar-refractivity contribution is 6.01. The molecule has 1 heterocycles. The van der Waals surface area contributed by atoms with Crippen LogP contribution >= 0.6 is 0 Å². The molecule has 0 spiro atoms. The fraction of sp³-hybridized carbons (Fsp3) is 0.786. The number of imide groups is 1. The van der Waals surface area contributed by atoms with Crippen molar-refractivity contribution in [1.29, 1.82) is 0 Å². The van der Waals surface area contributed by atoms with Crippen LogP contribution in [0.1, 0.15) is 39.0 Å². The number of nitrogens with zero attached hydrogens (tertiary/aromatic N) is 1. The number of rotatable bonds is 2. The van der Waals surface area contributed by atoms with Gasteiger partial charge in [0, 0.05) is 19.5 Å². The quantitative estimate of drug-likeness (QED) is 0.698. The zero-order chi connectivity index (χ0) is 14.9. The molecular formula is C14H23N3O3. The van der Waals surface area contributed by atoms with Crippen molar-refractivity contribution in [1.82, 2.24) is 10.2 Å². The number of carbonyl (C=O) groups excluding carboxylic acids is 3. The Kier molecular flexibility index (Phi) is 4.42. The fourth-order valence-electron chi connectivity index (χ4n) is 3.23. The van der Waals surface area contributed by atoms with Crippen LogP contribution in [0.15, 0.2) is 0 Å². The third kappa shape index (κ3) is 2.85. The van der Waals surface area contributed by atoms with Gasteiger partial charge in [-0.25, -0.2) is 0 Å². The number of nitrogens with one attached hydrogen (secondary N) is 1. The standard InChI is InChI=1S/C14H23N3O3/c1-8-4-3-5-9(15)12(8)13(19)16-10-6-7-11(18)17(2)14(10)20/h8-10,12H,3-7,15H2,1-2H3,(H,16,19). The molecular weight excluding hydrogens is 258 g/mol. The van der Waals surface area contributed by atoms with E-state index < -0.39 is 6.04 Å². The lowest BCUT2D eigenvalue weighted by molar-refractivity contribution is -0.150. The van der Waals surface area contributed by atoms with Crippen LogP contribution in [0.2, 0.25) is 0 Å². The molecule has 0 aromatic rings. The maximum Gasteiger partial charge on any atom is 0.251 e. The second-order valence-electron chi connectivity index (χ2n) is 5.99. The van der Waals surface area contributed by atoms with Gasteiger partial charge in [-0.3, -0.25) is 19.3 Å². The Morgan fingerprint density at radius 3 is 2.65 bits per heavy atom. The van der Waals surface area contributed by atoms with Crippen molar-refractivity contribution < 1.29 is 14.4 Å². The first-order valence-electron chi connectivity index (χ1n) is 7.28. The minimum absolute atomic E-state index is 0.142. The van der Waals surface area contributed by atoms with Gasteiger partial charge >= 0.3 is 0 Å². The molecule has 1 saturated heterocycles. The van der Waals surface area contributed by atoms with E-state index in [1.54, 1.807) is 0 Å². The van der Waals surface area contributed by atoms with E-state index in [4.69, 9.17) is 5.73 Å². The lowest BCUT2D eigenvalue weighted by atomic mass is 9.76. The van der Waals surface area contributed by atoms with Crippen LogP contribution in [0, 0.1) is 11.8 Å². The second kappa shape index (κ2) is 5.91. The number of piperidine rings is 1. The Morgan fingerprint density at radius 1 is 1.30 bits per heavy atom. The first-order valence-corrected chi connectivity index (χ1v) is 7.28. The highest BCUT2D eigenvalue weighted by Crippen LogP contribution is 2.29. The lowest BCUT2D eigenvalue weighted by Gasteiger charge is -2.35. The van der Waals surface area contributed by atoms with E-state index >= 15 is 0 Å². The van der Waals surface area contributed by atoms with E-state index in [1.807, 2.05) is 6.92 Å². The van der Waals surface area contributed by atoms with Crippen molar-refractivity contribution >= 4 is 17.7 Å². The van der Waals surface area contributed by atoms with Crippen molar-refractivity contribution in [3.63, 3.8) is 0 Å². The van der Waals surface area contributed by atoms with Gasteiger partial charge in [0.1, 0.15) is 6.04 Å². The topological polar surface area (TPSA) is 92.5 Å². The number of amides is 3. The van der Waals surface area contributed by atoms with Crippen molar-refractivity contribution in [3.8, 4) is 0 Å². The summed E-state index contributed by atoms with van der Waals surface area (Å²) in [7, 11) is 1.46. The molecule has 3 N–H and O–H groups in total. The number of hydrogen-bond acceptors (Lipinski definition) is 4. The number of likely N-dealkylation sites (tertiary alicyclic amines) is 1. The first kappa shape index (κ1) is 15.0. The van der Waals surface area contributed by atoms with Gasteiger partial charge in [0.2, 0.25) is 11.8 Å². The monoisotopic (exact) mass is 281 g/mol. The van der Waals surface area contributed by atoms with Gasteiger partial charge in [0.25, 0.3) is 5.91 Å². The summed E-state index contributed by atoms with van der Waals surface area (Å²) in [4.78, 5) is 36.9. The maximum absolute atomic E-state index is 12.4. The number of likely N-dealkylation sites (N-methyl/N-ethyl adjacent to an activating group) is 1. The van der Waals surface area contributed by atoms with Gasteiger partial charge in [0.05, 0.1) is 5.92 Å². The van der Waals surface area contributed by atoms with E-state index in [9.17, 15) is 14.4 Å². The average Bonchev–Trinajstić information content (AvgIpc) is 2.39. The van der Waals surface area contributed by atoms with E-state index in [1.165, 1.54) is 7.05 Å². The Hall–Kier alpha value is -1.43. The molecule has 3 amide bonds. The summed E-state index contributed by atoms with van der Waals surface area (Å²) < 4.78 is 0. The minimum atomic E-state index is -0.591. The molecule has 1 aliphatic heterocycles. The van der Waals surface area contributed by atoms with E-state index in [0.717, 1.165) is 24.2 Å². The van der Waals surface area contributed by atoms with Crippen LogP contribution in [0.5, 0.6) is 0 Å². The van der Waals surface area contributed by atoms with Crippen LogP contribution < -0.4 is 11.1 Å². The summed E-state index contributed by atoms with van der Waals surface area (Å²) in [6.45, 7) is 2.03. The molecule has 2 fully saturated rings. The van der Waals surface area contributed by atoms with Crippen molar-refractivity contribution in [2.24, 2.45) is 17.6 Å². The van der Waals surface area contributed by atoms with Gasteiger partial charge in [-0.1, -0.05) is 13.3 Å². The molecule has 4 atom stereocenters. The molecule has 6 heteroatoms. The molecule has 112 valence electrons. The summed E-state index contributed by atoms with van der Waals surface area (Å²) in [5.41, 5.74) is 6.05. The van der Waals surface area contributed by atoms with Gasteiger partial charge in [-0.15, -0.1) is 0 Å². The van der Waals surface area contributed by atoms with Gasteiger partial charge < -0.3 is 11.1 Å². The smallest absolute Gasteiger partial charge is 0.251 e. The van der Waals surface area contributed by atoms with Crippen molar-refractivity contribution in [2.75, 3.05) is 7.05 Å². The van der Waals surface area contributed by atoms with Crippen LogP contribution in [0.25, 0.3) is 0 Å². The Morgan fingerprint density at radius 2 is 2.00 bits per heavy atom. The van der Waals surface area contributed by atoms with Crippen LogP contribution in [0.3, 0.4) is 0 Å². The van der Waals surface area contributed by atoms with Crippen LogP contribution in [-0.2, 0) is 14.4 Å².